The number of hydrogen-bond donors (Lipinski definition) is 0. The molecule has 0 amide bonds. The zero-order valence-electron chi connectivity index (χ0n) is 38.6. The lowest BCUT2D eigenvalue weighted by atomic mass is 9.32. The summed E-state index contributed by atoms with van der Waals surface area (Å²) in [6.07, 6.45) is 3.19. The van der Waals surface area contributed by atoms with Crippen molar-refractivity contribution in [2.75, 3.05) is 9.80 Å². The van der Waals surface area contributed by atoms with Crippen LogP contribution in [0.15, 0.2) is 255 Å². The van der Waals surface area contributed by atoms with Crippen LogP contribution in [0.3, 0.4) is 0 Å². The van der Waals surface area contributed by atoms with E-state index in [0.717, 1.165) is 84.2 Å². The summed E-state index contributed by atoms with van der Waals surface area (Å²) < 4.78 is 0. The Labute approximate surface area is 412 Å². The maximum atomic E-state index is 4.83. The lowest BCUT2D eigenvalue weighted by molar-refractivity contribution is 1.05. The van der Waals surface area contributed by atoms with Crippen molar-refractivity contribution in [3.05, 3.63) is 255 Å². The summed E-state index contributed by atoms with van der Waals surface area (Å²) in [6, 6.07) is 88.8. The first kappa shape index (κ1) is 40.7. The molecule has 11 aromatic carbocycles. The standard InChI is InChI=1S/C65H42BN5/c1-5-17-43(18-6-1)49-33-50(44-19-7-2-8-20-44)36-54(35-49)70-58-31-29-47-25-13-15-27-56(47)62(58)66-63-57-28-16-14-26-48(57)30-32-59(63)71(61-40-53(39-60(70)64(61)66)65-68-41-67-42-69-65)55-37-51(45-21-9-3-10-22-45)34-52(38-55)46-23-11-4-12-24-46/h1-42H. The average Bonchev–Trinajstić information content (AvgIpc) is 3.45. The minimum Gasteiger partial charge on any atom is -0.311 e. The Hall–Kier alpha value is -9.39. The normalized spacial score (nSPS) is 12.4. The molecule has 0 aliphatic carbocycles. The summed E-state index contributed by atoms with van der Waals surface area (Å²) in [7, 11) is 0. The minimum absolute atomic E-state index is 0.154. The van der Waals surface area contributed by atoms with Crippen molar-refractivity contribution in [1.29, 1.82) is 0 Å². The number of anilines is 6. The van der Waals surface area contributed by atoms with Gasteiger partial charge in [-0.1, -0.05) is 182 Å². The second kappa shape index (κ2) is 16.7. The van der Waals surface area contributed by atoms with Crippen molar-refractivity contribution in [2.45, 2.75) is 0 Å². The molecule has 330 valence electrons. The molecule has 0 atom stereocenters. The molecule has 0 spiro atoms. The third-order valence-corrected chi connectivity index (χ3v) is 14.4. The van der Waals surface area contributed by atoms with E-state index in [-0.39, 0.29) is 6.71 Å². The first-order valence-electron chi connectivity index (χ1n) is 24.2. The third-order valence-electron chi connectivity index (χ3n) is 14.4. The zero-order valence-corrected chi connectivity index (χ0v) is 38.6. The van der Waals surface area contributed by atoms with Gasteiger partial charge in [0.05, 0.1) is 0 Å². The summed E-state index contributed by atoms with van der Waals surface area (Å²) in [4.78, 5) is 19.0. The van der Waals surface area contributed by atoms with Gasteiger partial charge in [-0.25, -0.2) is 15.0 Å². The molecule has 0 saturated heterocycles. The molecule has 0 N–H and O–H groups in total. The minimum atomic E-state index is -0.154. The molecular formula is C65H42BN5. The Morgan fingerprint density at radius 3 is 1.04 bits per heavy atom. The van der Waals surface area contributed by atoms with E-state index >= 15 is 0 Å². The fraction of sp³-hybridized carbons (Fsp3) is 0. The predicted octanol–water partition coefficient (Wildman–Crippen LogP) is 14.6. The van der Waals surface area contributed by atoms with Gasteiger partial charge in [-0.2, -0.15) is 0 Å². The van der Waals surface area contributed by atoms with Crippen molar-refractivity contribution < 1.29 is 0 Å². The number of benzene rings is 11. The smallest absolute Gasteiger partial charge is 0.253 e. The molecule has 6 heteroatoms. The molecular weight excluding hydrogens is 862 g/mol. The Morgan fingerprint density at radius 1 is 0.282 bits per heavy atom. The molecule has 0 unspecified atom stereocenters. The Morgan fingerprint density at radius 2 is 0.648 bits per heavy atom. The second-order valence-corrected chi connectivity index (χ2v) is 18.4. The maximum Gasteiger partial charge on any atom is 0.253 e. The highest BCUT2D eigenvalue weighted by Gasteiger charge is 2.45. The van der Waals surface area contributed by atoms with E-state index in [1.165, 1.54) is 37.9 Å². The number of rotatable bonds is 7. The Balaban J connectivity index is 1.14. The average molecular weight is 904 g/mol. The van der Waals surface area contributed by atoms with E-state index < -0.39 is 0 Å². The highest BCUT2D eigenvalue weighted by Crippen LogP contribution is 2.49. The number of fused-ring (bicyclic) bond motifs is 8. The van der Waals surface area contributed by atoms with Crippen LogP contribution in [0.4, 0.5) is 34.1 Å². The van der Waals surface area contributed by atoms with Crippen LogP contribution in [0.1, 0.15) is 0 Å². The van der Waals surface area contributed by atoms with E-state index in [1.807, 2.05) is 0 Å². The van der Waals surface area contributed by atoms with Crippen molar-refractivity contribution in [1.82, 2.24) is 15.0 Å². The highest BCUT2D eigenvalue weighted by atomic mass is 15.2. The van der Waals surface area contributed by atoms with Crippen molar-refractivity contribution in [3.63, 3.8) is 0 Å². The molecule has 0 radical (unpaired) electrons. The van der Waals surface area contributed by atoms with Crippen LogP contribution in [0.25, 0.3) is 77.4 Å². The van der Waals surface area contributed by atoms with Gasteiger partial charge in [0.25, 0.3) is 6.71 Å². The van der Waals surface area contributed by atoms with Gasteiger partial charge in [0.15, 0.2) is 5.82 Å². The predicted molar refractivity (Wildman–Crippen MR) is 296 cm³/mol. The van der Waals surface area contributed by atoms with Gasteiger partial charge in [-0.05, 0) is 143 Å². The lowest BCUT2D eigenvalue weighted by Crippen LogP contribution is -2.61. The van der Waals surface area contributed by atoms with Crippen molar-refractivity contribution in [3.8, 4) is 55.9 Å². The number of hydrogen-bond acceptors (Lipinski definition) is 5. The van der Waals surface area contributed by atoms with Crippen LogP contribution >= 0.6 is 0 Å². The van der Waals surface area contributed by atoms with Crippen LogP contribution in [0, 0.1) is 0 Å². The largest absolute Gasteiger partial charge is 0.311 e. The van der Waals surface area contributed by atoms with Gasteiger partial charge in [-0.3, -0.25) is 0 Å². The second-order valence-electron chi connectivity index (χ2n) is 18.4. The van der Waals surface area contributed by atoms with Crippen LogP contribution < -0.4 is 26.2 Å². The highest BCUT2D eigenvalue weighted by molar-refractivity contribution is 7.03. The van der Waals surface area contributed by atoms with Crippen molar-refractivity contribution >= 4 is 78.8 Å². The summed E-state index contributed by atoms with van der Waals surface area (Å²) >= 11 is 0. The van der Waals surface area contributed by atoms with Gasteiger partial charge in [0.2, 0.25) is 0 Å². The molecule has 0 fully saturated rings. The molecule has 1 aromatic heterocycles. The molecule has 3 heterocycles. The van der Waals surface area contributed by atoms with E-state index in [0.29, 0.717) is 5.82 Å². The van der Waals surface area contributed by atoms with Crippen LogP contribution in [0.5, 0.6) is 0 Å². The molecule has 14 rings (SSSR count). The SMILES string of the molecule is c1ccc(-c2cc(-c3ccccc3)cc(N3c4cc(-c5ncncn5)cc5c4B(c4c3ccc3ccccc43)c3c(ccc4ccccc34)N5c3cc(-c4ccccc4)cc(-c4ccccc4)c3)c2)cc1. The molecule has 71 heavy (non-hydrogen) atoms. The fourth-order valence-corrected chi connectivity index (χ4v) is 11.3. The summed E-state index contributed by atoms with van der Waals surface area (Å²) in [5.41, 5.74) is 20.3. The number of aromatic nitrogens is 3. The Bertz CT molecular complexity index is 3640. The van der Waals surface area contributed by atoms with Crippen LogP contribution in [-0.2, 0) is 0 Å². The van der Waals surface area contributed by atoms with Crippen molar-refractivity contribution in [2.24, 2.45) is 0 Å². The third kappa shape index (κ3) is 6.83. The monoisotopic (exact) mass is 903 g/mol. The van der Waals surface area contributed by atoms with E-state index in [1.54, 1.807) is 12.7 Å². The van der Waals surface area contributed by atoms with Crippen LogP contribution in [-0.4, -0.2) is 21.7 Å². The number of nitrogens with zero attached hydrogens (tertiary/aromatic N) is 5. The molecule has 2 aliphatic rings. The molecule has 12 aromatic rings. The quantitative estimate of drug-likeness (QED) is 0.149. The first-order valence-corrected chi connectivity index (χ1v) is 24.2. The molecule has 2 aliphatic heterocycles. The molecule has 0 bridgehead atoms. The molecule has 5 nitrogen and oxygen atoms in total. The maximum absolute atomic E-state index is 4.83. The molecule has 0 saturated carbocycles. The van der Waals surface area contributed by atoms with E-state index in [4.69, 9.17) is 9.97 Å². The zero-order chi connectivity index (χ0) is 46.8. The fourth-order valence-electron chi connectivity index (χ4n) is 11.3. The van der Waals surface area contributed by atoms with Gasteiger partial charge < -0.3 is 9.80 Å². The lowest BCUT2D eigenvalue weighted by Gasteiger charge is -2.45. The van der Waals surface area contributed by atoms with Gasteiger partial charge >= 0.3 is 0 Å². The first-order chi connectivity index (χ1) is 35.2. The van der Waals surface area contributed by atoms with Gasteiger partial charge in [-0.15, -0.1) is 0 Å². The summed E-state index contributed by atoms with van der Waals surface area (Å²) in [6.45, 7) is -0.154. The topological polar surface area (TPSA) is 45.2 Å². The van der Waals surface area contributed by atoms with Gasteiger partial charge in [0.1, 0.15) is 12.7 Å². The van der Waals surface area contributed by atoms with Gasteiger partial charge in [0, 0.05) is 39.7 Å². The van der Waals surface area contributed by atoms with Crippen LogP contribution in [0.2, 0.25) is 0 Å². The Kier molecular flexibility index (Phi) is 9.56. The summed E-state index contributed by atoms with van der Waals surface area (Å²) in [5.74, 6) is 0.607. The van der Waals surface area contributed by atoms with E-state index in [2.05, 4.69) is 257 Å². The summed E-state index contributed by atoms with van der Waals surface area (Å²) in [5, 5.41) is 4.86. The van der Waals surface area contributed by atoms with E-state index in [9.17, 15) is 0 Å².